The second-order valence-electron chi connectivity index (χ2n) is 4.79. The van der Waals surface area contributed by atoms with Gasteiger partial charge in [0, 0.05) is 30.9 Å². The van der Waals surface area contributed by atoms with Crippen LogP contribution in [0, 0.1) is 5.92 Å². The zero-order valence-corrected chi connectivity index (χ0v) is 10.7. The maximum absolute atomic E-state index is 8.98. The quantitative estimate of drug-likeness (QED) is 0.672. The van der Waals surface area contributed by atoms with Crippen LogP contribution in [-0.2, 0) is 4.74 Å². The van der Waals surface area contributed by atoms with Crippen molar-refractivity contribution >= 4 is 18.5 Å². The van der Waals surface area contributed by atoms with Gasteiger partial charge >= 0.3 is 7.12 Å². The molecule has 2 rings (SSSR count). The minimum Gasteiger partial charge on any atom is -0.423 e. The summed E-state index contributed by atoms with van der Waals surface area (Å²) in [5.41, 5.74) is 0.299. The monoisotopic (exact) mass is 251 g/mol. The summed E-state index contributed by atoms with van der Waals surface area (Å²) in [6, 6.07) is 0. The van der Waals surface area contributed by atoms with Crippen LogP contribution in [0.15, 0.2) is 12.4 Å². The van der Waals surface area contributed by atoms with Crippen molar-refractivity contribution in [3.8, 4) is 0 Å². The second kappa shape index (κ2) is 5.64. The van der Waals surface area contributed by atoms with Crippen LogP contribution in [0.4, 0.5) is 5.95 Å². The van der Waals surface area contributed by atoms with Gasteiger partial charge in [0.05, 0.1) is 12.7 Å². The van der Waals surface area contributed by atoms with Gasteiger partial charge in [-0.15, -0.1) is 0 Å². The number of rotatable bonds is 3. The van der Waals surface area contributed by atoms with E-state index in [4.69, 9.17) is 14.8 Å². The van der Waals surface area contributed by atoms with E-state index >= 15 is 0 Å². The van der Waals surface area contributed by atoms with Crippen LogP contribution in [0.5, 0.6) is 0 Å². The Balaban J connectivity index is 2.06. The maximum atomic E-state index is 8.98. The Morgan fingerprint density at radius 2 is 2.06 bits per heavy atom. The molecule has 98 valence electrons. The first-order valence-corrected chi connectivity index (χ1v) is 6.12. The molecule has 0 spiro atoms. The van der Waals surface area contributed by atoms with Crippen LogP contribution in [0.3, 0.4) is 0 Å². The third kappa shape index (κ3) is 2.98. The van der Waals surface area contributed by atoms with Crippen molar-refractivity contribution in [3.05, 3.63) is 12.4 Å². The average Bonchev–Trinajstić information content (AvgIpc) is 2.39. The van der Waals surface area contributed by atoms with E-state index in [0.29, 0.717) is 23.9 Å². The molecule has 18 heavy (non-hydrogen) atoms. The van der Waals surface area contributed by atoms with Crippen molar-refractivity contribution in [1.82, 2.24) is 9.97 Å². The fraction of sp³-hybridized carbons (Fsp3) is 0.636. The van der Waals surface area contributed by atoms with Crippen molar-refractivity contribution < 1.29 is 14.8 Å². The second-order valence-corrected chi connectivity index (χ2v) is 4.79. The molecule has 0 saturated carbocycles. The number of anilines is 1. The van der Waals surface area contributed by atoms with E-state index in [0.717, 1.165) is 13.1 Å². The number of ether oxygens (including phenoxy) is 1. The van der Waals surface area contributed by atoms with Crippen LogP contribution < -0.4 is 10.4 Å². The van der Waals surface area contributed by atoms with Crippen LogP contribution in [0.2, 0.25) is 0 Å². The van der Waals surface area contributed by atoms with Crippen molar-refractivity contribution in [3.63, 3.8) is 0 Å². The molecule has 0 amide bonds. The van der Waals surface area contributed by atoms with E-state index < -0.39 is 7.12 Å². The van der Waals surface area contributed by atoms with Crippen LogP contribution in [-0.4, -0.2) is 52.9 Å². The Morgan fingerprint density at radius 3 is 2.61 bits per heavy atom. The zero-order valence-electron chi connectivity index (χ0n) is 10.7. The summed E-state index contributed by atoms with van der Waals surface area (Å²) in [6.07, 6.45) is 3.06. The molecule has 1 aliphatic heterocycles. The van der Waals surface area contributed by atoms with E-state index in [1.807, 2.05) is 0 Å². The molecule has 2 heterocycles. The summed E-state index contributed by atoms with van der Waals surface area (Å²) >= 11 is 0. The highest BCUT2D eigenvalue weighted by Gasteiger charge is 2.24. The molecule has 6 nitrogen and oxygen atoms in total. The van der Waals surface area contributed by atoms with Gasteiger partial charge in [0.2, 0.25) is 5.95 Å². The largest absolute Gasteiger partial charge is 0.491 e. The van der Waals surface area contributed by atoms with Gasteiger partial charge in [-0.2, -0.15) is 0 Å². The molecule has 0 radical (unpaired) electrons. The van der Waals surface area contributed by atoms with E-state index in [9.17, 15) is 0 Å². The third-order valence-electron chi connectivity index (χ3n) is 3.08. The fourth-order valence-electron chi connectivity index (χ4n) is 1.89. The molecular weight excluding hydrogens is 233 g/mol. The predicted octanol–water partition coefficient (Wildman–Crippen LogP) is -0.982. The summed E-state index contributed by atoms with van der Waals surface area (Å²) in [5.74, 6) is 1.06. The molecule has 1 fully saturated rings. The lowest BCUT2D eigenvalue weighted by molar-refractivity contribution is 0.0109. The van der Waals surface area contributed by atoms with Crippen LogP contribution in [0.25, 0.3) is 0 Å². The SMILES string of the molecule is CC(C)C1CN(c2ncc(B(O)O)cn2)CCO1. The smallest absolute Gasteiger partial charge is 0.423 e. The first-order valence-electron chi connectivity index (χ1n) is 6.12. The molecule has 2 N–H and O–H groups in total. The van der Waals surface area contributed by atoms with Gasteiger partial charge in [-0.25, -0.2) is 9.97 Å². The molecular formula is C11H18BN3O3. The van der Waals surface area contributed by atoms with Crippen LogP contribution >= 0.6 is 0 Å². The minimum absolute atomic E-state index is 0.186. The summed E-state index contributed by atoms with van der Waals surface area (Å²) < 4.78 is 5.68. The van der Waals surface area contributed by atoms with Gasteiger partial charge in [-0.3, -0.25) is 0 Å². The Kier molecular flexibility index (Phi) is 4.16. The lowest BCUT2D eigenvalue weighted by atomic mass is 9.83. The Morgan fingerprint density at radius 1 is 1.39 bits per heavy atom. The van der Waals surface area contributed by atoms with Crippen molar-refractivity contribution in [2.75, 3.05) is 24.6 Å². The van der Waals surface area contributed by atoms with Crippen molar-refractivity contribution in [1.29, 1.82) is 0 Å². The number of aromatic nitrogens is 2. The Labute approximate surface area is 107 Å². The highest BCUT2D eigenvalue weighted by atomic mass is 16.5. The highest BCUT2D eigenvalue weighted by molar-refractivity contribution is 6.58. The number of nitrogens with zero attached hydrogens (tertiary/aromatic N) is 3. The number of morpholine rings is 1. The summed E-state index contributed by atoms with van der Waals surface area (Å²) in [7, 11) is -1.52. The summed E-state index contributed by atoms with van der Waals surface area (Å²) in [6.45, 7) is 6.43. The summed E-state index contributed by atoms with van der Waals surface area (Å²) in [4.78, 5) is 10.4. The minimum atomic E-state index is -1.52. The van der Waals surface area contributed by atoms with Crippen molar-refractivity contribution in [2.24, 2.45) is 5.92 Å². The van der Waals surface area contributed by atoms with E-state index in [1.165, 1.54) is 12.4 Å². The standard InChI is InChI=1S/C11H18BN3O3/c1-8(2)10-7-15(3-4-18-10)11-13-5-9(6-14-11)12(16)17/h5-6,8,10,16-17H,3-4,7H2,1-2H3. The topological polar surface area (TPSA) is 78.7 Å². The molecule has 1 aliphatic rings. The van der Waals surface area contributed by atoms with E-state index in [-0.39, 0.29) is 6.10 Å². The summed E-state index contributed by atoms with van der Waals surface area (Å²) in [5, 5.41) is 18.0. The molecule has 7 heteroatoms. The first-order chi connectivity index (χ1) is 8.58. The molecule has 0 bridgehead atoms. The Bertz CT molecular complexity index is 386. The lowest BCUT2D eigenvalue weighted by Gasteiger charge is -2.34. The number of hydrogen-bond donors (Lipinski definition) is 2. The van der Waals surface area contributed by atoms with E-state index in [2.05, 4.69) is 28.7 Å². The van der Waals surface area contributed by atoms with Gasteiger partial charge < -0.3 is 19.7 Å². The van der Waals surface area contributed by atoms with Crippen molar-refractivity contribution in [2.45, 2.75) is 20.0 Å². The third-order valence-corrected chi connectivity index (χ3v) is 3.08. The lowest BCUT2D eigenvalue weighted by Crippen LogP contribution is -2.45. The van der Waals surface area contributed by atoms with Gasteiger partial charge in [0.25, 0.3) is 0 Å². The Hall–Kier alpha value is -1.18. The first kappa shape index (κ1) is 13.3. The molecule has 0 aliphatic carbocycles. The average molecular weight is 251 g/mol. The van der Waals surface area contributed by atoms with Crippen LogP contribution in [0.1, 0.15) is 13.8 Å². The van der Waals surface area contributed by atoms with Gasteiger partial charge in [0.15, 0.2) is 0 Å². The van der Waals surface area contributed by atoms with Gasteiger partial charge in [-0.05, 0) is 5.92 Å². The molecule has 1 unspecified atom stereocenters. The molecule has 1 aromatic heterocycles. The fourth-order valence-corrected chi connectivity index (χ4v) is 1.89. The van der Waals surface area contributed by atoms with Gasteiger partial charge in [0.1, 0.15) is 0 Å². The zero-order chi connectivity index (χ0) is 13.1. The molecule has 0 aromatic carbocycles. The predicted molar refractivity (Wildman–Crippen MR) is 68.6 cm³/mol. The molecule has 1 saturated heterocycles. The normalized spacial score (nSPS) is 20.3. The van der Waals surface area contributed by atoms with E-state index in [1.54, 1.807) is 0 Å². The highest BCUT2D eigenvalue weighted by Crippen LogP contribution is 2.16. The molecule has 1 aromatic rings. The number of hydrogen-bond acceptors (Lipinski definition) is 6. The van der Waals surface area contributed by atoms with Gasteiger partial charge in [-0.1, -0.05) is 13.8 Å². The molecule has 1 atom stereocenters. The maximum Gasteiger partial charge on any atom is 0.491 e.